The molecule has 4 nitrogen and oxygen atoms in total. The van der Waals surface area contributed by atoms with Gasteiger partial charge in [0, 0.05) is 5.69 Å². The smallest absolute Gasteiger partial charge is 0.264 e. The van der Waals surface area contributed by atoms with Gasteiger partial charge in [-0.15, -0.1) is 0 Å². The topological polar surface area (TPSA) is 72.2 Å². The molecule has 100 valence electrons. The molecule has 0 fully saturated rings. The number of hydrogen-bond acceptors (Lipinski definition) is 3. The SMILES string of the molecule is Nc1ccc(F)c(S(=O)(=O)Nc2ccccc2Cl)c1. The highest BCUT2D eigenvalue weighted by molar-refractivity contribution is 7.92. The normalized spacial score (nSPS) is 11.3. The first-order valence-corrected chi connectivity index (χ1v) is 7.08. The zero-order chi connectivity index (χ0) is 14.0. The second kappa shape index (κ2) is 5.07. The lowest BCUT2D eigenvalue weighted by atomic mass is 10.3. The average molecular weight is 301 g/mol. The van der Waals surface area contributed by atoms with Gasteiger partial charge in [-0.2, -0.15) is 0 Å². The summed E-state index contributed by atoms with van der Waals surface area (Å²) >= 11 is 5.84. The van der Waals surface area contributed by atoms with E-state index < -0.39 is 20.7 Å². The van der Waals surface area contributed by atoms with Crippen molar-refractivity contribution >= 4 is 33.0 Å². The predicted octanol–water partition coefficient (Wildman–Crippen LogP) is 2.86. The van der Waals surface area contributed by atoms with Crippen molar-refractivity contribution in [3.8, 4) is 0 Å². The molecule has 0 heterocycles. The quantitative estimate of drug-likeness (QED) is 0.856. The zero-order valence-corrected chi connectivity index (χ0v) is 11.2. The van der Waals surface area contributed by atoms with Crippen LogP contribution in [-0.2, 0) is 10.0 Å². The Hall–Kier alpha value is -1.79. The Morgan fingerprint density at radius 2 is 1.84 bits per heavy atom. The average Bonchev–Trinajstić information content (AvgIpc) is 2.35. The molecule has 0 unspecified atom stereocenters. The molecule has 0 bridgehead atoms. The molecule has 0 atom stereocenters. The molecular formula is C12H10ClFN2O2S. The maximum Gasteiger partial charge on any atom is 0.264 e. The van der Waals surface area contributed by atoms with Crippen molar-refractivity contribution in [3.05, 3.63) is 53.3 Å². The maximum absolute atomic E-state index is 13.6. The largest absolute Gasteiger partial charge is 0.399 e. The van der Waals surface area contributed by atoms with Crippen molar-refractivity contribution in [2.45, 2.75) is 4.90 Å². The van der Waals surface area contributed by atoms with Gasteiger partial charge in [-0.1, -0.05) is 23.7 Å². The third-order valence-corrected chi connectivity index (χ3v) is 4.07. The number of nitrogen functional groups attached to an aromatic ring is 1. The number of hydrogen-bond donors (Lipinski definition) is 2. The van der Waals surface area contributed by atoms with Gasteiger partial charge in [0.15, 0.2) is 0 Å². The molecule has 0 aromatic heterocycles. The van der Waals surface area contributed by atoms with Crippen LogP contribution in [0, 0.1) is 5.82 Å². The monoisotopic (exact) mass is 300 g/mol. The highest BCUT2D eigenvalue weighted by Crippen LogP contribution is 2.25. The standard InChI is InChI=1S/C12H10ClFN2O2S/c13-9-3-1-2-4-11(9)16-19(17,18)12-7-8(15)5-6-10(12)14/h1-7,16H,15H2. The van der Waals surface area contributed by atoms with Gasteiger partial charge < -0.3 is 5.73 Å². The molecule has 2 aromatic carbocycles. The van der Waals surface area contributed by atoms with Crippen LogP contribution in [0.25, 0.3) is 0 Å². The van der Waals surface area contributed by atoms with Crippen LogP contribution >= 0.6 is 11.6 Å². The lowest BCUT2D eigenvalue weighted by molar-refractivity contribution is 0.570. The molecule has 0 aliphatic heterocycles. The van der Waals surface area contributed by atoms with Crippen molar-refractivity contribution < 1.29 is 12.8 Å². The minimum Gasteiger partial charge on any atom is -0.399 e. The lowest BCUT2D eigenvalue weighted by Gasteiger charge is -2.10. The predicted molar refractivity (Wildman–Crippen MR) is 73.1 cm³/mol. The number of halogens is 2. The molecule has 19 heavy (non-hydrogen) atoms. The zero-order valence-electron chi connectivity index (χ0n) is 9.60. The van der Waals surface area contributed by atoms with Crippen LogP contribution < -0.4 is 10.5 Å². The second-order valence-electron chi connectivity index (χ2n) is 3.78. The van der Waals surface area contributed by atoms with Gasteiger partial charge in [-0.25, -0.2) is 12.8 Å². The Bertz CT molecular complexity index is 719. The number of nitrogens with one attached hydrogen (secondary N) is 1. The van der Waals surface area contributed by atoms with Gasteiger partial charge in [-0.05, 0) is 30.3 Å². The Kier molecular flexibility index (Phi) is 3.64. The molecule has 0 amide bonds. The van der Waals surface area contributed by atoms with E-state index in [1.807, 2.05) is 0 Å². The minimum atomic E-state index is -4.08. The first kappa shape index (κ1) is 13.6. The van der Waals surface area contributed by atoms with Gasteiger partial charge in [0.1, 0.15) is 10.7 Å². The Morgan fingerprint density at radius 3 is 2.53 bits per heavy atom. The Morgan fingerprint density at radius 1 is 1.16 bits per heavy atom. The molecule has 0 aliphatic carbocycles. The second-order valence-corrected chi connectivity index (χ2v) is 5.83. The van der Waals surface area contributed by atoms with Crippen LogP contribution in [0.2, 0.25) is 5.02 Å². The van der Waals surface area contributed by atoms with Crippen LogP contribution in [0.4, 0.5) is 15.8 Å². The summed E-state index contributed by atoms with van der Waals surface area (Å²) in [5.74, 6) is -0.881. The molecule has 0 radical (unpaired) electrons. The van der Waals surface area contributed by atoms with Crippen molar-refractivity contribution in [1.82, 2.24) is 0 Å². The van der Waals surface area contributed by atoms with E-state index >= 15 is 0 Å². The summed E-state index contributed by atoms with van der Waals surface area (Å²) in [4.78, 5) is -0.521. The van der Waals surface area contributed by atoms with E-state index in [1.165, 1.54) is 18.2 Å². The summed E-state index contributed by atoms with van der Waals surface area (Å²) in [6.45, 7) is 0. The molecule has 0 spiro atoms. The molecule has 0 saturated heterocycles. The number of anilines is 2. The van der Waals surface area contributed by atoms with Crippen LogP contribution in [0.1, 0.15) is 0 Å². The lowest BCUT2D eigenvalue weighted by Crippen LogP contribution is -2.15. The Balaban J connectivity index is 2.44. The third kappa shape index (κ3) is 2.97. The molecule has 2 rings (SSSR count). The fourth-order valence-corrected chi connectivity index (χ4v) is 2.90. The van der Waals surface area contributed by atoms with Crippen molar-refractivity contribution in [2.75, 3.05) is 10.5 Å². The first-order chi connectivity index (χ1) is 8.90. The van der Waals surface area contributed by atoms with E-state index in [0.717, 1.165) is 12.1 Å². The van der Waals surface area contributed by atoms with Crippen LogP contribution in [-0.4, -0.2) is 8.42 Å². The molecule has 2 aromatic rings. The number of benzene rings is 2. The Labute approximate surface area is 115 Å². The summed E-state index contributed by atoms with van der Waals surface area (Å²) in [5.41, 5.74) is 5.79. The van der Waals surface area contributed by atoms with E-state index in [-0.39, 0.29) is 16.4 Å². The van der Waals surface area contributed by atoms with Crippen LogP contribution in [0.5, 0.6) is 0 Å². The third-order valence-electron chi connectivity index (χ3n) is 2.36. The highest BCUT2D eigenvalue weighted by Gasteiger charge is 2.20. The van der Waals surface area contributed by atoms with Crippen LogP contribution in [0.15, 0.2) is 47.4 Å². The minimum absolute atomic E-state index is 0.154. The summed E-state index contributed by atoms with van der Waals surface area (Å²) in [7, 11) is -4.08. The molecule has 0 aliphatic rings. The molecular weight excluding hydrogens is 291 g/mol. The highest BCUT2D eigenvalue weighted by atomic mass is 35.5. The molecule has 0 saturated carbocycles. The van der Waals surface area contributed by atoms with Crippen molar-refractivity contribution in [1.29, 1.82) is 0 Å². The van der Waals surface area contributed by atoms with Gasteiger partial charge in [-0.3, -0.25) is 4.72 Å². The van der Waals surface area contributed by atoms with E-state index in [9.17, 15) is 12.8 Å². The number of para-hydroxylation sites is 1. The summed E-state index contributed by atoms with van der Waals surface area (Å²) in [5, 5.41) is 0.218. The van der Waals surface area contributed by atoms with E-state index in [4.69, 9.17) is 17.3 Å². The number of sulfonamides is 1. The fourth-order valence-electron chi connectivity index (χ4n) is 1.47. The maximum atomic E-state index is 13.6. The summed E-state index contributed by atoms with van der Waals surface area (Å²) in [6.07, 6.45) is 0. The first-order valence-electron chi connectivity index (χ1n) is 5.22. The van der Waals surface area contributed by atoms with E-state index in [1.54, 1.807) is 12.1 Å². The van der Waals surface area contributed by atoms with Gasteiger partial charge in [0.05, 0.1) is 10.7 Å². The number of rotatable bonds is 3. The van der Waals surface area contributed by atoms with Crippen molar-refractivity contribution in [2.24, 2.45) is 0 Å². The summed E-state index contributed by atoms with van der Waals surface area (Å²) in [6, 6.07) is 9.59. The molecule has 7 heteroatoms. The van der Waals surface area contributed by atoms with Gasteiger partial charge in [0.2, 0.25) is 0 Å². The van der Waals surface area contributed by atoms with Gasteiger partial charge in [0.25, 0.3) is 10.0 Å². The van der Waals surface area contributed by atoms with Gasteiger partial charge >= 0.3 is 0 Å². The van der Waals surface area contributed by atoms with E-state index in [2.05, 4.69) is 4.72 Å². The fraction of sp³-hybridized carbons (Fsp3) is 0. The van der Waals surface area contributed by atoms with Crippen LogP contribution in [0.3, 0.4) is 0 Å². The van der Waals surface area contributed by atoms with Crippen molar-refractivity contribution in [3.63, 3.8) is 0 Å². The van der Waals surface area contributed by atoms with E-state index in [0.29, 0.717) is 0 Å². The molecule has 3 N–H and O–H groups in total. The number of nitrogens with two attached hydrogens (primary N) is 1. The summed E-state index contributed by atoms with van der Waals surface area (Å²) < 4.78 is 39.9.